The van der Waals surface area contributed by atoms with Crippen molar-refractivity contribution in [2.75, 3.05) is 6.54 Å². The second kappa shape index (κ2) is 5.87. The minimum absolute atomic E-state index is 0.0975. The molecule has 0 radical (unpaired) electrons. The van der Waals surface area contributed by atoms with Crippen molar-refractivity contribution in [2.45, 2.75) is 10.5 Å². The maximum absolute atomic E-state index is 5.90. The van der Waals surface area contributed by atoms with E-state index in [1.54, 1.807) is 0 Å². The highest BCUT2D eigenvalue weighted by atomic mass is 35.5. The maximum Gasteiger partial charge on any atom is 0.257 e. The average Bonchev–Trinajstić information content (AvgIpc) is 2.88. The van der Waals surface area contributed by atoms with E-state index in [9.17, 15) is 0 Å². The highest BCUT2D eigenvalue weighted by Gasteiger charge is 2.15. The lowest BCUT2D eigenvalue weighted by molar-refractivity contribution is 0.488. The Morgan fingerprint density at radius 2 is 1.90 bits per heavy atom. The monoisotopic (exact) mass is 304 g/mol. The van der Waals surface area contributed by atoms with Crippen molar-refractivity contribution < 1.29 is 4.42 Å². The molecule has 1 atom stereocenters. The molecule has 0 amide bonds. The van der Waals surface area contributed by atoms with E-state index in [4.69, 9.17) is 21.8 Å². The van der Waals surface area contributed by atoms with Gasteiger partial charge in [-0.1, -0.05) is 47.6 Å². The summed E-state index contributed by atoms with van der Waals surface area (Å²) in [6.07, 6.45) is 0. The van der Waals surface area contributed by atoms with Crippen LogP contribution in [0.5, 0.6) is 0 Å². The minimum atomic E-state index is 0.0975. The number of oxazole rings is 1. The molecule has 20 heavy (non-hydrogen) atoms. The van der Waals surface area contributed by atoms with Gasteiger partial charge in [0.2, 0.25) is 0 Å². The third kappa shape index (κ3) is 2.82. The second-order valence-electron chi connectivity index (χ2n) is 4.34. The molecule has 1 heterocycles. The van der Waals surface area contributed by atoms with Gasteiger partial charge in [-0.05, 0) is 29.8 Å². The molecule has 2 aromatic carbocycles. The van der Waals surface area contributed by atoms with Crippen LogP contribution in [0, 0.1) is 0 Å². The highest BCUT2D eigenvalue weighted by molar-refractivity contribution is 7.99. The number of benzene rings is 2. The van der Waals surface area contributed by atoms with Crippen LogP contribution in [0.25, 0.3) is 11.1 Å². The fraction of sp³-hybridized carbons (Fsp3) is 0.133. The zero-order valence-corrected chi connectivity index (χ0v) is 12.2. The standard InChI is InChI=1S/C15H13ClN2OS/c16-11-7-5-10(6-8-11)14(9-17)20-15-18-12-3-1-2-4-13(12)19-15/h1-8,14H,9,17H2. The fourth-order valence-electron chi connectivity index (χ4n) is 1.95. The highest BCUT2D eigenvalue weighted by Crippen LogP contribution is 2.35. The van der Waals surface area contributed by atoms with Crippen LogP contribution in [0.1, 0.15) is 10.8 Å². The Labute approximate surface area is 126 Å². The summed E-state index contributed by atoms with van der Waals surface area (Å²) in [5.74, 6) is 0. The van der Waals surface area contributed by atoms with Gasteiger partial charge >= 0.3 is 0 Å². The molecular weight excluding hydrogens is 292 g/mol. The number of rotatable bonds is 4. The molecule has 1 aromatic heterocycles. The first kappa shape index (κ1) is 13.5. The van der Waals surface area contributed by atoms with Gasteiger partial charge in [-0.3, -0.25) is 0 Å². The summed E-state index contributed by atoms with van der Waals surface area (Å²) in [7, 11) is 0. The molecule has 0 aliphatic carbocycles. The molecule has 1 unspecified atom stereocenters. The summed E-state index contributed by atoms with van der Waals surface area (Å²) in [5.41, 5.74) is 8.63. The first-order valence-electron chi connectivity index (χ1n) is 6.24. The number of thioether (sulfide) groups is 1. The Hall–Kier alpha value is -1.49. The Bertz CT molecular complexity index is 678. The average molecular weight is 305 g/mol. The van der Waals surface area contributed by atoms with Gasteiger partial charge < -0.3 is 10.2 Å². The van der Waals surface area contributed by atoms with E-state index in [0.29, 0.717) is 11.8 Å². The third-order valence-electron chi connectivity index (χ3n) is 2.97. The Kier molecular flexibility index (Phi) is 3.96. The van der Waals surface area contributed by atoms with E-state index in [-0.39, 0.29) is 5.25 Å². The van der Waals surface area contributed by atoms with E-state index in [1.165, 1.54) is 11.8 Å². The van der Waals surface area contributed by atoms with Crippen LogP contribution in [0.15, 0.2) is 58.2 Å². The van der Waals surface area contributed by atoms with E-state index >= 15 is 0 Å². The first-order valence-corrected chi connectivity index (χ1v) is 7.50. The zero-order chi connectivity index (χ0) is 13.9. The Morgan fingerprint density at radius 3 is 2.60 bits per heavy atom. The third-order valence-corrected chi connectivity index (χ3v) is 4.35. The summed E-state index contributed by atoms with van der Waals surface area (Å²) >= 11 is 7.43. The zero-order valence-electron chi connectivity index (χ0n) is 10.6. The number of hydrogen-bond acceptors (Lipinski definition) is 4. The van der Waals surface area contributed by atoms with Gasteiger partial charge in [-0.15, -0.1) is 0 Å². The summed E-state index contributed by atoms with van der Waals surface area (Å²) in [5, 5.41) is 1.45. The van der Waals surface area contributed by atoms with Crippen LogP contribution < -0.4 is 5.73 Å². The number of halogens is 1. The van der Waals surface area contributed by atoms with Gasteiger partial charge in [0.05, 0.1) is 5.25 Å². The van der Waals surface area contributed by atoms with Gasteiger partial charge in [0.15, 0.2) is 5.58 Å². The van der Waals surface area contributed by atoms with Crippen molar-refractivity contribution in [2.24, 2.45) is 5.73 Å². The summed E-state index contributed by atoms with van der Waals surface area (Å²) < 4.78 is 5.72. The molecule has 0 fully saturated rings. The molecule has 0 aliphatic heterocycles. The SMILES string of the molecule is NCC(Sc1nc2ccccc2o1)c1ccc(Cl)cc1. The summed E-state index contributed by atoms with van der Waals surface area (Å²) in [6, 6.07) is 15.4. The summed E-state index contributed by atoms with van der Waals surface area (Å²) in [6.45, 7) is 0.505. The lowest BCUT2D eigenvalue weighted by Crippen LogP contribution is -2.09. The molecule has 0 saturated heterocycles. The van der Waals surface area contributed by atoms with Gasteiger partial charge in [-0.2, -0.15) is 0 Å². The lowest BCUT2D eigenvalue weighted by Gasteiger charge is -2.12. The van der Waals surface area contributed by atoms with Crippen molar-refractivity contribution in [1.29, 1.82) is 0 Å². The number of nitrogens with two attached hydrogens (primary N) is 1. The number of para-hydroxylation sites is 2. The first-order chi connectivity index (χ1) is 9.76. The topological polar surface area (TPSA) is 52.0 Å². The van der Waals surface area contributed by atoms with Crippen LogP contribution >= 0.6 is 23.4 Å². The number of hydrogen-bond donors (Lipinski definition) is 1. The van der Waals surface area contributed by atoms with E-state index in [1.807, 2.05) is 48.5 Å². The van der Waals surface area contributed by atoms with Crippen LogP contribution in [-0.2, 0) is 0 Å². The Balaban J connectivity index is 1.85. The second-order valence-corrected chi connectivity index (χ2v) is 5.93. The number of aromatic nitrogens is 1. The largest absolute Gasteiger partial charge is 0.431 e. The molecular formula is C15H13ClN2OS. The smallest absolute Gasteiger partial charge is 0.257 e. The number of fused-ring (bicyclic) bond motifs is 1. The van der Waals surface area contributed by atoms with Gasteiger partial charge in [0, 0.05) is 11.6 Å². The molecule has 0 saturated carbocycles. The van der Waals surface area contributed by atoms with Gasteiger partial charge in [0.25, 0.3) is 5.22 Å². The molecule has 5 heteroatoms. The van der Waals surface area contributed by atoms with Crippen molar-refractivity contribution in [3.05, 3.63) is 59.1 Å². The van der Waals surface area contributed by atoms with E-state index in [0.717, 1.165) is 21.7 Å². The van der Waals surface area contributed by atoms with Crippen molar-refractivity contribution in [1.82, 2.24) is 4.98 Å². The predicted molar refractivity (Wildman–Crippen MR) is 83.1 cm³/mol. The molecule has 0 aliphatic rings. The Morgan fingerprint density at radius 1 is 1.15 bits per heavy atom. The maximum atomic E-state index is 5.90. The predicted octanol–water partition coefficient (Wildman–Crippen LogP) is 4.27. The lowest BCUT2D eigenvalue weighted by atomic mass is 10.1. The van der Waals surface area contributed by atoms with Crippen LogP contribution in [0.4, 0.5) is 0 Å². The van der Waals surface area contributed by atoms with Crippen molar-refractivity contribution in [3.8, 4) is 0 Å². The molecule has 2 N–H and O–H groups in total. The van der Waals surface area contributed by atoms with Crippen molar-refractivity contribution >= 4 is 34.5 Å². The summed E-state index contributed by atoms with van der Waals surface area (Å²) in [4.78, 5) is 4.46. The quantitative estimate of drug-likeness (QED) is 0.731. The molecule has 102 valence electrons. The van der Waals surface area contributed by atoms with E-state index < -0.39 is 0 Å². The molecule has 0 bridgehead atoms. The normalized spacial score (nSPS) is 12.7. The number of nitrogens with zero attached hydrogens (tertiary/aromatic N) is 1. The van der Waals surface area contributed by atoms with Crippen LogP contribution in [0.2, 0.25) is 5.02 Å². The van der Waals surface area contributed by atoms with E-state index in [2.05, 4.69) is 4.98 Å². The molecule has 3 nitrogen and oxygen atoms in total. The fourth-order valence-corrected chi connectivity index (χ4v) is 3.00. The van der Waals surface area contributed by atoms with Crippen LogP contribution in [-0.4, -0.2) is 11.5 Å². The molecule has 3 aromatic rings. The van der Waals surface area contributed by atoms with Gasteiger partial charge in [-0.25, -0.2) is 4.98 Å². The minimum Gasteiger partial charge on any atom is -0.431 e. The molecule has 3 rings (SSSR count). The molecule has 0 spiro atoms. The van der Waals surface area contributed by atoms with Crippen LogP contribution in [0.3, 0.4) is 0 Å². The van der Waals surface area contributed by atoms with Gasteiger partial charge in [0.1, 0.15) is 5.52 Å². The van der Waals surface area contributed by atoms with Crippen molar-refractivity contribution in [3.63, 3.8) is 0 Å².